The number of piperidine rings is 1. The molecule has 0 aromatic heterocycles. The molecule has 0 aromatic carbocycles. The molecule has 2 heteroatoms. The molecule has 2 atom stereocenters. The first kappa shape index (κ1) is 15.0. The van der Waals surface area contributed by atoms with Crippen LogP contribution in [0.1, 0.15) is 53.4 Å². The summed E-state index contributed by atoms with van der Waals surface area (Å²) in [6.45, 7) is 13.2. The number of rotatable bonds is 5. The van der Waals surface area contributed by atoms with E-state index in [-0.39, 0.29) is 0 Å². The van der Waals surface area contributed by atoms with Crippen molar-refractivity contribution in [1.29, 1.82) is 0 Å². The Balaban J connectivity index is 2.48. The second-order valence-corrected chi connectivity index (χ2v) is 6.97. The van der Waals surface area contributed by atoms with E-state index in [4.69, 9.17) is 0 Å². The van der Waals surface area contributed by atoms with Gasteiger partial charge in [0.05, 0.1) is 0 Å². The van der Waals surface area contributed by atoms with Crippen LogP contribution >= 0.6 is 0 Å². The van der Waals surface area contributed by atoms with Crippen LogP contribution < -0.4 is 5.32 Å². The highest BCUT2D eigenvalue weighted by Crippen LogP contribution is 2.30. The van der Waals surface area contributed by atoms with Gasteiger partial charge in [0.2, 0.25) is 0 Å². The molecule has 2 unspecified atom stereocenters. The van der Waals surface area contributed by atoms with Crippen LogP contribution in [0.5, 0.6) is 0 Å². The molecule has 1 fully saturated rings. The Bertz CT molecular complexity index is 207. The van der Waals surface area contributed by atoms with E-state index >= 15 is 0 Å². The first-order valence-corrected chi connectivity index (χ1v) is 7.34. The van der Waals surface area contributed by atoms with Crippen LogP contribution in [0.2, 0.25) is 0 Å². The summed E-state index contributed by atoms with van der Waals surface area (Å²) < 4.78 is 0. The quantitative estimate of drug-likeness (QED) is 0.794. The lowest BCUT2D eigenvalue weighted by Gasteiger charge is -2.40. The minimum Gasteiger partial charge on any atom is -0.316 e. The van der Waals surface area contributed by atoms with Gasteiger partial charge in [-0.25, -0.2) is 0 Å². The van der Waals surface area contributed by atoms with Gasteiger partial charge in [0, 0.05) is 19.1 Å². The van der Waals surface area contributed by atoms with Gasteiger partial charge in [-0.3, -0.25) is 0 Å². The minimum absolute atomic E-state index is 0.469. The number of hydrogen-bond donors (Lipinski definition) is 1. The fourth-order valence-corrected chi connectivity index (χ4v) is 3.09. The lowest BCUT2D eigenvalue weighted by atomic mass is 9.80. The molecular formula is C15H32N2. The summed E-state index contributed by atoms with van der Waals surface area (Å²) in [5, 5.41) is 3.48. The van der Waals surface area contributed by atoms with E-state index in [1.165, 1.54) is 45.3 Å². The van der Waals surface area contributed by atoms with E-state index in [2.05, 4.69) is 45.0 Å². The highest BCUT2D eigenvalue weighted by Gasteiger charge is 2.28. The molecule has 1 heterocycles. The molecule has 0 amide bonds. The number of likely N-dealkylation sites (N-methyl/N-ethyl adjacent to an activating group) is 1. The van der Waals surface area contributed by atoms with Crippen molar-refractivity contribution in [3.63, 3.8) is 0 Å². The molecule has 0 bridgehead atoms. The first-order chi connectivity index (χ1) is 7.94. The van der Waals surface area contributed by atoms with Crippen LogP contribution in [-0.2, 0) is 0 Å². The van der Waals surface area contributed by atoms with E-state index in [0.29, 0.717) is 11.5 Å². The molecule has 1 aliphatic heterocycles. The standard InChI is InChI=1S/C15H32N2/c1-6-7-8-17-11-13(10-15(2,3)4)9-14(12-17)16-5/h13-14,16H,6-12H2,1-5H3. The SMILES string of the molecule is CCCCN1CC(CC(C)(C)C)CC(NC)C1. The van der Waals surface area contributed by atoms with Crippen LogP contribution in [0.4, 0.5) is 0 Å². The Kier molecular flexibility index (Phi) is 5.94. The van der Waals surface area contributed by atoms with E-state index in [1.807, 2.05) is 0 Å². The molecule has 1 saturated heterocycles. The molecule has 0 aliphatic carbocycles. The number of nitrogens with one attached hydrogen (secondary N) is 1. The monoisotopic (exact) mass is 240 g/mol. The van der Waals surface area contributed by atoms with Crippen LogP contribution in [-0.4, -0.2) is 37.6 Å². The molecule has 0 saturated carbocycles. The van der Waals surface area contributed by atoms with Crippen molar-refractivity contribution in [2.24, 2.45) is 11.3 Å². The van der Waals surface area contributed by atoms with Crippen molar-refractivity contribution in [1.82, 2.24) is 10.2 Å². The fourth-order valence-electron chi connectivity index (χ4n) is 3.09. The Morgan fingerprint density at radius 3 is 2.47 bits per heavy atom. The third-order valence-electron chi connectivity index (χ3n) is 3.75. The third-order valence-corrected chi connectivity index (χ3v) is 3.75. The third kappa shape index (κ3) is 5.87. The minimum atomic E-state index is 0.469. The fraction of sp³-hybridized carbons (Fsp3) is 1.00. The predicted octanol–water partition coefficient (Wildman–Crippen LogP) is 3.13. The van der Waals surface area contributed by atoms with Gasteiger partial charge in [-0.15, -0.1) is 0 Å². The van der Waals surface area contributed by atoms with Gasteiger partial charge in [0.1, 0.15) is 0 Å². The second kappa shape index (κ2) is 6.75. The van der Waals surface area contributed by atoms with Gasteiger partial charge < -0.3 is 10.2 Å². The number of likely N-dealkylation sites (tertiary alicyclic amines) is 1. The van der Waals surface area contributed by atoms with Gasteiger partial charge in [-0.2, -0.15) is 0 Å². The summed E-state index contributed by atoms with van der Waals surface area (Å²) in [6, 6.07) is 0.702. The molecule has 0 radical (unpaired) electrons. The Morgan fingerprint density at radius 1 is 1.24 bits per heavy atom. The van der Waals surface area contributed by atoms with E-state index in [1.54, 1.807) is 0 Å². The first-order valence-electron chi connectivity index (χ1n) is 7.34. The number of unbranched alkanes of at least 4 members (excludes halogenated alkanes) is 1. The summed E-state index contributed by atoms with van der Waals surface area (Å²) >= 11 is 0. The van der Waals surface area contributed by atoms with Crippen molar-refractivity contribution in [3.05, 3.63) is 0 Å². The zero-order valence-corrected chi connectivity index (χ0v) is 12.6. The second-order valence-electron chi connectivity index (χ2n) is 6.97. The lowest BCUT2D eigenvalue weighted by Crippen LogP contribution is -2.49. The Labute approximate surface area is 108 Å². The highest BCUT2D eigenvalue weighted by molar-refractivity contribution is 4.84. The Hall–Kier alpha value is -0.0800. The molecule has 17 heavy (non-hydrogen) atoms. The van der Waals surface area contributed by atoms with E-state index in [0.717, 1.165) is 5.92 Å². The van der Waals surface area contributed by atoms with Crippen LogP contribution in [0.25, 0.3) is 0 Å². The molecule has 102 valence electrons. The molecule has 2 nitrogen and oxygen atoms in total. The average Bonchev–Trinajstić information content (AvgIpc) is 2.23. The van der Waals surface area contributed by atoms with Gasteiger partial charge in [0.15, 0.2) is 0 Å². The summed E-state index contributed by atoms with van der Waals surface area (Å²) in [6.07, 6.45) is 5.37. The van der Waals surface area contributed by atoms with Gasteiger partial charge in [-0.1, -0.05) is 34.1 Å². The Morgan fingerprint density at radius 2 is 1.94 bits per heavy atom. The topological polar surface area (TPSA) is 15.3 Å². The van der Waals surface area contributed by atoms with Crippen molar-refractivity contribution in [2.45, 2.75) is 59.4 Å². The highest BCUT2D eigenvalue weighted by atomic mass is 15.2. The maximum absolute atomic E-state index is 3.48. The molecule has 1 N–H and O–H groups in total. The van der Waals surface area contributed by atoms with Gasteiger partial charge in [-0.05, 0) is 44.2 Å². The van der Waals surface area contributed by atoms with Crippen molar-refractivity contribution >= 4 is 0 Å². The van der Waals surface area contributed by atoms with Crippen molar-refractivity contribution in [2.75, 3.05) is 26.7 Å². The molecule has 0 aromatic rings. The van der Waals surface area contributed by atoms with Crippen LogP contribution in [0, 0.1) is 11.3 Å². The zero-order chi connectivity index (χ0) is 12.9. The molecule has 1 aliphatic rings. The zero-order valence-electron chi connectivity index (χ0n) is 12.6. The summed E-state index contributed by atoms with van der Waals surface area (Å²) in [7, 11) is 2.11. The normalized spacial score (nSPS) is 27.4. The largest absolute Gasteiger partial charge is 0.316 e. The molecule has 1 rings (SSSR count). The predicted molar refractivity (Wildman–Crippen MR) is 76.4 cm³/mol. The maximum Gasteiger partial charge on any atom is 0.0195 e. The summed E-state index contributed by atoms with van der Waals surface area (Å²) in [5.74, 6) is 0.873. The molecular weight excluding hydrogens is 208 g/mol. The van der Waals surface area contributed by atoms with E-state index in [9.17, 15) is 0 Å². The maximum atomic E-state index is 3.48. The van der Waals surface area contributed by atoms with Crippen molar-refractivity contribution in [3.8, 4) is 0 Å². The summed E-state index contributed by atoms with van der Waals surface area (Å²) in [5.41, 5.74) is 0.469. The molecule has 0 spiro atoms. The smallest absolute Gasteiger partial charge is 0.0195 e. The van der Waals surface area contributed by atoms with Crippen LogP contribution in [0.3, 0.4) is 0 Å². The number of hydrogen-bond acceptors (Lipinski definition) is 2. The lowest BCUT2D eigenvalue weighted by molar-refractivity contribution is 0.115. The van der Waals surface area contributed by atoms with Gasteiger partial charge in [0.25, 0.3) is 0 Å². The van der Waals surface area contributed by atoms with Crippen molar-refractivity contribution < 1.29 is 0 Å². The van der Waals surface area contributed by atoms with Gasteiger partial charge >= 0.3 is 0 Å². The summed E-state index contributed by atoms with van der Waals surface area (Å²) in [4.78, 5) is 2.67. The average molecular weight is 240 g/mol. The van der Waals surface area contributed by atoms with Crippen LogP contribution in [0.15, 0.2) is 0 Å². The number of nitrogens with zero attached hydrogens (tertiary/aromatic N) is 1. The van der Waals surface area contributed by atoms with E-state index < -0.39 is 0 Å².